The molecule has 2 heterocycles. The van der Waals surface area contributed by atoms with E-state index in [0.717, 1.165) is 44.2 Å². The summed E-state index contributed by atoms with van der Waals surface area (Å²) in [5, 5.41) is 4.17. The van der Waals surface area contributed by atoms with Crippen LogP contribution in [0.4, 0.5) is 5.69 Å². The lowest BCUT2D eigenvalue weighted by Crippen LogP contribution is -2.42. The first-order valence-electron chi connectivity index (χ1n) is 11.0. The van der Waals surface area contributed by atoms with E-state index in [-0.39, 0.29) is 17.7 Å². The van der Waals surface area contributed by atoms with E-state index in [1.165, 1.54) is 11.6 Å². The molecule has 2 atom stereocenters. The summed E-state index contributed by atoms with van der Waals surface area (Å²) in [5.41, 5.74) is 12.6. The molecule has 166 valence electrons. The number of nitrogens with one attached hydrogen (secondary N) is 1. The molecule has 0 aromatic heterocycles. The standard InChI is InChI=1S/C24H33N5O2/c1-4-7-17-9-11-19(12-10-17)29-15-20(21(16-30)23(29)24(25)27-26-3)18-8-6-13-28(14-18)22(31)5-2/h5,9-12,16,18,20,26H,2,4,6-8,13-15H2,1,3H3,(H2,25,27). The molecule has 31 heavy (non-hydrogen) atoms. The average molecular weight is 424 g/mol. The summed E-state index contributed by atoms with van der Waals surface area (Å²) in [4.78, 5) is 28.4. The number of piperidine rings is 1. The van der Waals surface area contributed by atoms with Gasteiger partial charge in [0.15, 0.2) is 5.84 Å². The first kappa shape index (κ1) is 22.6. The minimum absolute atomic E-state index is 0.0196. The number of amidine groups is 1. The van der Waals surface area contributed by atoms with E-state index < -0.39 is 0 Å². The predicted molar refractivity (Wildman–Crippen MR) is 125 cm³/mol. The first-order valence-corrected chi connectivity index (χ1v) is 11.0. The maximum Gasteiger partial charge on any atom is 0.245 e. The Morgan fingerprint density at radius 1 is 1.32 bits per heavy atom. The monoisotopic (exact) mass is 423 g/mol. The minimum atomic E-state index is -0.0563. The third-order valence-electron chi connectivity index (χ3n) is 6.22. The van der Waals surface area contributed by atoms with E-state index in [1.807, 2.05) is 4.90 Å². The Hall–Kier alpha value is -3.09. The Balaban J connectivity index is 1.96. The van der Waals surface area contributed by atoms with Crippen molar-refractivity contribution < 1.29 is 9.59 Å². The Kier molecular flexibility index (Phi) is 7.50. The number of nitrogens with two attached hydrogens (primary N) is 1. The summed E-state index contributed by atoms with van der Waals surface area (Å²) < 4.78 is 0. The molecule has 0 spiro atoms. The summed E-state index contributed by atoms with van der Waals surface area (Å²) >= 11 is 0. The van der Waals surface area contributed by atoms with Gasteiger partial charge in [0.2, 0.25) is 5.91 Å². The molecule has 2 aliphatic heterocycles. The summed E-state index contributed by atoms with van der Waals surface area (Å²) in [6, 6.07) is 8.41. The number of nitrogens with zero attached hydrogens (tertiary/aromatic N) is 3. The Morgan fingerprint density at radius 2 is 2.06 bits per heavy atom. The van der Waals surface area contributed by atoms with Gasteiger partial charge in [-0.3, -0.25) is 9.59 Å². The Labute approximate surface area is 184 Å². The van der Waals surface area contributed by atoms with Crippen LogP contribution in [0.5, 0.6) is 0 Å². The fraction of sp³-hybridized carbons (Fsp3) is 0.458. The highest BCUT2D eigenvalue weighted by atomic mass is 16.2. The number of hydrogen-bond acceptors (Lipinski definition) is 5. The molecule has 1 saturated heterocycles. The van der Waals surface area contributed by atoms with Crippen molar-refractivity contribution in [3.63, 3.8) is 0 Å². The Bertz CT molecular complexity index is 874. The van der Waals surface area contributed by atoms with Gasteiger partial charge in [-0.15, -0.1) is 0 Å². The van der Waals surface area contributed by atoms with Crippen molar-refractivity contribution in [3.8, 4) is 0 Å². The summed E-state index contributed by atoms with van der Waals surface area (Å²) in [6.45, 7) is 7.76. The van der Waals surface area contributed by atoms with Gasteiger partial charge in [0.1, 0.15) is 6.29 Å². The van der Waals surface area contributed by atoms with Crippen molar-refractivity contribution in [1.82, 2.24) is 10.3 Å². The zero-order valence-corrected chi connectivity index (χ0v) is 18.5. The predicted octanol–water partition coefficient (Wildman–Crippen LogP) is 2.44. The molecule has 3 rings (SSSR count). The normalized spacial score (nSPS) is 21.9. The topological polar surface area (TPSA) is 91.0 Å². The number of likely N-dealkylation sites (tertiary alicyclic amines) is 1. The van der Waals surface area contributed by atoms with Crippen molar-refractivity contribution in [2.24, 2.45) is 22.7 Å². The molecule has 3 N–H and O–H groups in total. The number of amides is 1. The quantitative estimate of drug-likeness (QED) is 0.220. The number of anilines is 1. The lowest BCUT2D eigenvalue weighted by Gasteiger charge is -2.35. The van der Waals surface area contributed by atoms with Crippen LogP contribution in [-0.2, 0) is 16.0 Å². The molecule has 1 fully saturated rings. The summed E-state index contributed by atoms with van der Waals surface area (Å²) in [5.74, 6) is 0.396. The van der Waals surface area contributed by atoms with Crippen molar-refractivity contribution in [3.05, 3.63) is 53.8 Å². The first-order chi connectivity index (χ1) is 15.0. The van der Waals surface area contributed by atoms with Crippen LogP contribution in [0.3, 0.4) is 0 Å². The van der Waals surface area contributed by atoms with E-state index in [4.69, 9.17) is 5.73 Å². The van der Waals surface area contributed by atoms with Crippen LogP contribution in [0.2, 0.25) is 0 Å². The summed E-state index contributed by atoms with van der Waals surface area (Å²) in [6.07, 6.45) is 6.27. The SMILES string of the molecule is C=CC(=O)N1CCCC(C2CN(c3ccc(CCC)cc3)C(/C(N)=N\NC)=C2C=O)C1. The molecule has 1 aromatic rings. The van der Waals surface area contributed by atoms with E-state index >= 15 is 0 Å². The van der Waals surface area contributed by atoms with Crippen molar-refractivity contribution in [2.45, 2.75) is 32.6 Å². The number of carbonyl (C=O) groups excluding carboxylic acids is 2. The lowest BCUT2D eigenvalue weighted by atomic mass is 9.82. The smallest absolute Gasteiger partial charge is 0.245 e. The molecule has 0 aliphatic carbocycles. The van der Waals surface area contributed by atoms with Crippen LogP contribution in [0.15, 0.2) is 53.3 Å². The van der Waals surface area contributed by atoms with Crippen LogP contribution < -0.4 is 16.1 Å². The van der Waals surface area contributed by atoms with E-state index in [0.29, 0.717) is 30.2 Å². The highest BCUT2D eigenvalue weighted by molar-refractivity contribution is 6.06. The van der Waals surface area contributed by atoms with Gasteiger partial charge in [0.05, 0.1) is 5.70 Å². The van der Waals surface area contributed by atoms with E-state index in [9.17, 15) is 9.59 Å². The van der Waals surface area contributed by atoms with Crippen molar-refractivity contribution >= 4 is 23.7 Å². The van der Waals surface area contributed by atoms with Crippen molar-refractivity contribution in [2.75, 3.05) is 31.6 Å². The lowest BCUT2D eigenvalue weighted by molar-refractivity contribution is -0.128. The molecular weight excluding hydrogens is 390 g/mol. The zero-order chi connectivity index (χ0) is 22.4. The highest BCUT2D eigenvalue weighted by Crippen LogP contribution is 2.39. The van der Waals surface area contributed by atoms with Gasteiger partial charge in [0, 0.05) is 43.9 Å². The second kappa shape index (κ2) is 10.3. The second-order valence-corrected chi connectivity index (χ2v) is 8.17. The van der Waals surface area contributed by atoms with Crippen LogP contribution in [0.25, 0.3) is 0 Å². The molecule has 7 nitrogen and oxygen atoms in total. The molecule has 0 radical (unpaired) electrons. The van der Waals surface area contributed by atoms with Gasteiger partial charge in [-0.1, -0.05) is 32.1 Å². The van der Waals surface area contributed by atoms with Gasteiger partial charge in [-0.05, 0) is 49.0 Å². The van der Waals surface area contributed by atoms with Crippen LogP contribution in [-0.4, -0.2) is 49.6 Å². The van der Waals surface area contributed by atoms with E-state index in [2.05, 4.69) is 53.2 Å². The van der Waals surface area contributed by atoms with Gasteiger partial charge >= 0.3 is 0 Å². The number of aryl methyl sites for hydroxylation is 1. The van der Waals surface area contributed by atoms with Gasteiger partial charge in [0.25, 0.3) is 0 Å². The molecule has 0 bridgehead atoms. The maximum atomic E-state index is 12.3. The van der Waals surface area contributed by atoms with Gasteiger partial charge in [-0.2, -0.15) is 5.10 Å². The highest BCUT2D eigenvalue weighted by Gasteiger charge is 2.40. The molecule has 2 aliphatic rings. The van der Waals surface area contributed by atoms with E-state index in [1.54, 1.807) is 7.05 Å². The molecule has 7 heteroatoms. The summed E-state index contributed by atoms with van der Waals surface area (Å²) in [7, 11) is 1.68. The van der Waals surface area contributed by atoms with Crippen LogP contribution in [0.1, 0.15) is 31.7 Å². The molecule has 1 amide bonds. The maximum absolute atomic E-state index is 12.3. The third kappa shape index (κ3) is 4.81. The molecule has 1 aromatic carbocycles. The van der Waals surface area contributed by atoms with Gasteiger partial charge in [-0.25, -0.2) is 0 Å². The fourth-order valence-electron chi connectivity index (χ4n) is 4.76. The van der Waals surface area contributed by atoms with Gasteiger partial charge < -0.3 is 21.0 Å². The van der Waals surface area contributed by atoms with Crippen LogP contribution in [0, 0.1) is 11.8 Å². The molecule has 2 unspecified atom stereocenters. The number of hydrazone groups is 1. The zero-order valence-electron chi connectivity index (χ0n) is 18.5. The number of benzene rings is 1. The number of rotatable bonds is 8. The minimum Gasteiger partial charge on any atom is -0.381 e. The number of hydrogen-bond donors (Lipinski definition) is 2. The molecular formula is C24H33N5O2. The second-order valence-electron chi connectivity index (χ2n) is 8.17. The van der Waals surface area contributed by atoms with Crippen LogP contribution >= 0.6 is 0 Å². The molecule has 0 saturated carbocycles. The Morgan fingerprint density at radius 3 is 2.68 bits per heavy atom. The van der Waals surface area contributed by atoms with Crippen molar-refractivity contribution in [1.29, 1.82) is 0 Å². The number of carbonyl (C=O) groups is 2. The largest absolute Gasteiger partial charge is 0.381 e. The number of aldehydes is 1. The fourth-order valence-corrected chi connectivity index (χ4v) is 4.76. The average Bonchev–Trinajstić information content (AvgIpc) is 3.19. The third-order valence-corrected chi connectivity index (χ3v) is 6.22.